The fourth-order valence-corrected chi connectivity index (χ4v) is 2.56. The molecule has 1 atom stereocenters. The van der Waals surface area contributed by atoms with Gasteiger partial charge in [0.25, 0.3) is 0 Å². The van der Waals surface area contributed by atoms with E-state index in [2.05, 4.69) is 10.3 Å². The first-order chi connectivity index (χ1) is 10.4. The number of ketones is 1. The van der Waals surface area contributed by atoms with Crippen LogP contribution >= 0.6 is 0 Å². The highest BCUT2D eigenvalue weighted by atomic mass is 16.6. The maximum absolute atomic E-state index is 12.2. The smallest absolute Gasteiger partial charge is 0.410 e. The highest BCUT2D eigenvalue weighted by Gasteiger charge is 2.31. The maximum atomic E-state index is 12.2. The topological polar surface area (TPSA) is 74.4 Å². The number of amides is 1. The molecule has 1 unspecified atom stereocenters. The Morgan fingerprint density at radius 3 is 2.86 bits per heavy atom. The number of likely N-dealkylation sites (tertiary alicyclic amines) is 1. The first-order valence-corrected chi connectivity index (χ1v) is 7.74. The molecule has 0 radical (unpaired) electrons. The van der Waals surface area contributed by atoms with Crippen LogP contribution in [-0.4, -0.2) is 53.0 Å². The van der Waals surface area contributed by atoms with E-state index < -0.39 is 5.60 Å². The van der Waals surface area contributed by atoms with Crippen LogP contribution in [0.3, 0.4) is 0 Å². The highest BCUT2D eigenvalue weighted by molar-refractivity contribution is 5.95. The van der Waals surface area contributed by atoms with Crippen molar-refractivity contribution >= 4 is 11.9 Å². The average molecular weight is 307 g/mol. The Hall–Kier alpha value is -1.82. The summed E-state index contributed by atoms with van der Waals surface area (Å²) in [5, 5.41) is 3.14. The van der Waals surface area contributed by atoms with Gasteiger partial charge in [-0.15, -0.1) is 0 Å². The van der Waals surface area contributed by atoms with Crippen molar-refractivity contribution in [3.8, 4) is 0 Å². The van der Waals surface area contributed by atoms with E-state index in [1.54, 1.807) is 23.2 Å². The first-order valence-electron chi connectivity index (χ1n) is 7.74. The fourth-order valence-electron chi connectivity index (χ4n) is 2.56. The summed E-state index contributed by atoms with van der Waals surface area (Å²) in [5.41, 5.74) is 0.115. The molecule has 0 bridgehead atoms. The van der Waals surface area contributed by atoms with E-state index in [9.17, 15) is 9.59 Å². The molecule has 1 aromatic rings. The SMILES string of the molecule is CC(C)(C)OC(=O)N1CCCC1CNCC(=O)c1ccc[nH]1. The van der Waals surface area contributed by atoms with Gasteiger partial charge in [0.2, 0.25) is 0 Å². The minimum Gasteiger partial charge on any atom is -0.444 e. The Morgan fingerprint density at radius 1 is 1.45 bits per heavy atom. The number of aromatic amines is 1. The van der Waals surface area contributed by atoms with Crippen molar-refractivity contribution in [3.05, 3.63) is 24.0 Å². The lowest BCUT2D eigenvalue weighted by Gasteiger charge is -2.28. The largest absolute Gasteiger partial charge is 0.444 e. The van der Waals surface area contributed by atoms with Crippen molar-refractivity contribution < 1.29 is 14.3 Å². The van der Waals surface area contributed by atoms with E-state index in [1.165, 1.54) is 0 Å². The zero-order valence-electron chi connectivity index (χ0n) is 13.5. The van der Waals surface area contributed by atoms with Gasteiger partial charge < -0.3 is 19.9 Å². The van der Waals surface area contributed by atoms with Crippen LogP contribution < -0.4 is 5.32 Å². The lowest BCUT2D eigenvalue weighted by atomic mass is 10.2. The van der Waals surface area contributed by atoms with Crippen LogP contribution in [0, 0.1) is 0 Å². The van der Waals surface area contributed by atoms with E-state index in [0.29, 0.717) is 18.8 Å². The average Bonchev–Trinajstić information content (AvgIpc) is 3.08. The van der Waals surface area contributed by atoms with E-state index in [4.69, 9.17) is 4.74 Å². The monoisotopic (exact) mass is 307 g/mol. The highest BCUT2D eigenvalue weighted by Crippen LogP contribution is 2.20. The van der Waals surface area contributed by atoms with Gasteiger partial charge in [0.15, 0.2) is 5.78 Å². The molecule has 22 heavy (non-hydrogen) atoms. The predicted molar refractivity (Wildman–Crippen MR) is 84.0 cm³/mol. The zero-order chi connectivity index (χ0) is 16.2. The summed E-state index contributed by atoms with van der Waals surface area (Å²) in [5.74, 6) is 0.0202. The van der Waals surface area contributed by atoms with Gasteiger partial charge in [0, 0.05) is 25.3 Å². The molecule has 1 aromatic heterocycles. The molecule has 0 spiro atoms. The van der Waals surface area contributed by atoms with Gasteiger partial charge in [-0.05, 0) is 45.7 Å². The Balaban J connectivity index is 1.79. The third kappa shape index (κ3) is 4.59. The second-order valence-corrected chi connectivity index (χ2v) is 6.61. The number of hydrogen-bond donors (Lipinski definition) is 2. The van der Waals surface area contributed by atoms with Crippen LogP contribution in [0.5, 0.6) is 0 Å². The second kappa shape index (κ2) is 6.96. The lowest BCUT2D eigenvalue weighted by Crippen LogP contribution is -2.44. The summed E-state index contributed by atoms with van der Waals surface area (Å²) >= 11 is 0. The molecule has 1 aliphatic heterocycles. The maximum Gasteiger partial charge on any atom is 0.410 e. The molecule has 0 aromatic carbocycles. The van der Waals surface area contributed by atoms with Gasteiger partial charge in [-0.2, -0.15) is 0 Å². The zero-order valence-corrected chi connectivity index (χ0v) is 13.5. The van der Waals surface area contributed by atoms with Crippen LogP contribution in [0.4, 0.5) is 4.79 Å². The molecule has 122 valence electrons. The standard InChI is InChI=1S/C16H25N3O3/c1-16(2,3)22-15(21)19-9-5-6-12(19)10-17-11-14(20)13-7-4-8-18-13/h4,7-8,12,17-18H,5-6,9-11H2,1-3H3. The molecule has 2 heterocycles. The summed E-state index contributed by atoms with van der Waals surface area (Å²) in [6, 6.07) is 3.65. The summed E-state index contributed by atoms with van der Waals surface area (Å²) in [6.45, 7) is 7.17. The van der Waals surface area contributed by atoms with Gasteiger partial charge >= 0.3 is 6.09 Å². The normalized spacial score (nSPS) is 18.5. The third-order valence-electron chi connectivity index (χ3n) is 3.57. The molecule has 2 N–H and O–H groups in total. The van der Waals surface area contributed by atoms with Crippen molar-refractivity contribution in [1.82, 2.24) is 15.2 Å². The third-order valence-corrected chi connectivity index (χ3v) is 3.57. The molecule has 1 amide bonds. The molecule has 2 rings (SSSR count). The van der Waals surface area contributed by atoms with Gasteiger partial charge in [-0.25, -0.2) is 4.79 Å². The summed E-state index contributed by atoms with van der Waals surface area (Å²) in [6.07, 6.45) is 3.36. The number of Topliss-reactive ketones (excluding diaryl/α,β-unsaturated/α-hetero) is 1. The number of ether oxygens (including phenoxy) is 1. The number of hydrogen-bond acceptors (Lipinski definition) is 4. The molecular formula is C16H25N3O3. The molecule has 1 saturated heterocycles. The number of H-pyrrole nitrogens is 1. The number of aromatic nitrogens is 1. The van der Waals surface area contributed by atoms with Crippen molar-refractivity contribution in [3.63, 3.8) is 0 Å². The van der Waals surface area contributed by atoms with E-state index in [-0.39, 0.29) is 24.5 Å². The van der Waals surface area contributed by atoms with Gasteiger partial charge in [0.1, 0.15) is 5.60 Å². The molecule has 1 fully saturated rings. The van der Waals surface area contributed by atoms with Gasteiger partial charge in [-0.1, -0.05) is 0 Å². The molecule has 1 aliphatic rings. The van der Waals surface area contributed by atoms with Gasteiger partial charge in [-0.3, -0.25) is 4.79 Å². The minimum atomic E-state index is -0.485. The van der Waals surface area contributed by atoms with E-state index >= 15 is 0 Å². The quantitative estimate of drug-likeness (QED) is 0.818. The summed E-state index contributed by atoms with van der Waals surface area (Å²) in [4.78, 5) is 28.7. The molecule has 6 heteroatoms. The predicted octanol–water partition coefficient (Wildman–Crippen LogP) is 2.19. The number of nitrogens with zero attached hydrogens (tertiary/aromatic N) is 1. The number of carbonyl (C=O) groups is 2. The molecule has 0 saturated carbocycles. The van der Waals surface area contributed by atoms with Crippen molar-refractivity contribution in [1.29, 1.82) is 0 Å². The van der Waals surface area contributed by atoms with Gasteiger partial charge in [0.05, 0.1) is 12.2 Å². The number of rotatable bonds is 5. The molecule has 6 nitrogen and oxygen atoms in total. The molecular weight excluding hydrogens is 282 g/mol. The first kappa shape index (κ1) is 16.5. The van der Waals surface area contributed by atoms with Crippen LogP contribution in [0.2, 0.25) is 0 Å². The van der Waals surface area contributed by atoms with E-state index in [0.717, 1.165) is 12.8 Å². The van der Waals surface area contributed by atoms with Crippen molar-refractivity contribution in [2.75, 3.05) is 19.6 Å². The van der Waals surface area contributed by atoms with Crippen LogP contribution in [0.15, 0.2) is 18.3 Å². The summed E-state index contributed by atoms with van der Waals surface area (Å²) < 4.78 is 5.43. The van der Waals surface area contributed by atoms with Crippen LogP contribution in [0.25, 0.3) is 0 Å². The fraction of sp³-hybridized carbons (Fsp3) is 0.625. The minimum absolute atomic E-state index is 0.0202. The number of nitrogens with one attached hydrogen (secondary N) is 2. The molecule has 0 aliphatic carbocycles. The number of carbonyl (C=O) groups excluding carboxylic acids is 2. The Bertz CT molecular complexity index is 505. The van der Waals surface area contributed by atoms with E-state index in [1.807, 2.05) is 20.8 Å². The lowest BCUT2D eigenvalue weighted by molar-refractivity contribution is 0.0227. The Morgan fingerprint density at radius 2 is 2.23 bits per heavy atom. The summed E-state index contributed by atoms with van der Waals surface area (Å²) in [7, 11) is 0. The van der Waals surface area contributed by atoms with Crippen LogP contribution in [0.1, 0.15) is 44.1 Å². The van der Waals surface area contributed by atoms with Crippen LogP contribution in [-0.2, 0) is 4.74 Å². The Kier molecular flexibility index (Phi) is 5.24. The van der Waals surface area contributed by atoms with Crippen molar-refractivity contribution in [2.24, 2.45) is 0 Å². The Labute approximate surface area is 131 Å². The second-order valence-electron chi connectivity index (χ2n) is 6.61. The van der Waals surface area contributed by atoms with Crippen molar-refractivity contribution in [2.45, 2.75) is 45.3 Å².